The average molecular weight is 409 g/mol. The molecule has 0 nitrogen and oxygen atoms in total. The smallest absolute Gasteiger partial charge is 0.000797 e. The monoisotopic (exact) mass is 408 g/mol. The van der Waals surface area contributed by atoms with E-state index < -0.39 is 0 Å². The second-order valence-electron chi connectivity index (χ2n) is 11.8. The van der Waals surface area contributed by atoms with Crippen molar-refractivity contribution in [3.63, 3.8) is 0 Å². The molecule has 2 aliphatic carbocycles. The molecule has 3 aromatic carbocycles. The van der Waals surface area contributed by atoms with Crippen LogP contribution in [0.1, 0.15) is 86.1 Å². The number of aryl methyl sites for hydroxylation is 4. The van der Waals surface area contributed by atoms with Crippen molar-refractivity contribution in [2.45, 2.75) is 84.5 Å². The van der Waals surface area contributed by atoms with Crippen molar-refractivity contribution in [2.24, 2.45) is 0 Å². The number of fused-ring (bicyclic) bond motifs is 3. The van der Waals surface area contributed by atoms with Gasteiger partial charge < -0.3 is 0 Å². The molecular formula is C31H36. The molecule has 0 unspecified atom stereocenters. The average Bonchev–Trinajstić information content (AvgIpc) is 3.07. The normalized spacial score (nSPS) is 15.4. The summed E-state index contributed by atoms with van der Waals surface area (Å²) >= 11 is 0. The van der Waals surface area contributed by atoms with Crippen LogP contribution in [0.3, 0.4) is 0 Å². The standard InChI is InChI=1S/C31H36/c1-30(2,3)24-15-22-12-10-20-8-7-9-21(14-20)11-13-23-16-25(31(4,5)6)18-29-27(23)19-26(22)28(29)17-24/h7-9,14-18H,10-13,19H2,1-6H3. The fourth-order valence-electron chi connectivity index (χ4n) is 5.35. The van der Waals surface area contributed by atoms with Gasteiger partial charge in [0.1, 0.15) is 0 Å². The van der Waals surface area contributed by atoms with Crippen molar-refractivity contribution in [2.75, 3.05) is 0 Å². The van der Waals surface area contributed by atoms with Crippen LogP contribution in [0.2, 0.25) is 0 Å². The molecule has 5 rings (SSSR count). The topological polar surface area (TPSA) is 0 Å². The Bertz CT molecular complexity index is 1070. The van der Waals surface area contributed by atoms with Crippen molar-refractivity contribution in [3.8, 4) is 11.1 Å². The first kappa shape index (κ1) is 20.6. The van der Waals surface area contributed by atoms with Crippen LogP contribution in [0.5, 0.6) is 0 Å². The SMILES string of the molecule is CC(C)(C)c1cc2c3c(c1)-c1cc(C(C)(C)C)cc(c1C3)CCc1cccc(c1)CC2. The molecule has 4 bridgehead atoms. The van der Waals surface area contributed by atoms with E-state index in [1.165, 1.54) is 33.4 Å². The van der Waals surface area contributed by atoms with E-state index in [0.717, 1.165) is 32.1 Å². The summed E-state index contributed by atoms with van der Waals surface area (Å²) < 4.78 is 0. The van der Waals surface area contributed by atoms with Gasteiger partial charge in [0, 0.05) is 0 Å². The molecule has 0 aromatic heterocycles. The summed E-state index contributed by atoms with van der Waals surface area (Å²) in [6, 6.07) is 19.4. The summed E-state index contributed by atoms with van der Waals surface area (Å²) in [5, 5.41) is 0. The molecule has 0 heterocycles. The molecule has 0 saturated carbocycles. The van der Waals surface area contributed by atoms with E-state index >= 15 is 0 Å². The van der Waals surface area contributed by atoms with Gasteiger partial charge in [0.15, 0.2) is 0 Å². The summed E-state index contributed by atoms with van der Waals surface area (Å²) in [5.41, 5.74) is 15.5. The third-order valence-electron chi connectivity index (χ3n) is 7.42. The molecule has 0 fully saturated rings. The molecule has 0 aliphatic heterocycles. The second kappa shape index (κ2) is 7.09. The van der Waals surface area contributed by atoms with Crippen LogP contribution in [-0.4, -0.2) is 0 Å². The van der Waals surface area contributed by atoms with E-state index in [1.54, 1.807) is 22.3 Å². The summed E-state index contributed by atoms with van der Waals surface area (Å²) in [5.74, 6) is 0. The van der Waals surface area contributed by atoms with Crippen LogP contribution in [0.4, 0.5) is 0 Å². The van der Waals surface area contributed by atoms with Crippen molar-refractivity contribution in [3.05, 3.63) is 93.0 Å². The lowest BCUT2D eigenvalue weighted by atomic mass is 9.81. The largest absolute Gasteiger partial charge is 0.0617 e. The molecule has 0 atom stereocenters. The minimum Gasteiger partial charge on any atom is -0.0617 e. The van der Waals surface area contributed by atoms with Crippen LogP contribution in [0.25, 0.3) is 11.1 Å². The Balaban J connectivity index is 1.78. The van der Waals surface area contributed by atoms with Crippen molar-refractivity contribution in [1.82, 2.24) is 0 Å². The van der Waals surface area contributed by atoms with E-state index in [0.29, 0.717) is 0 Å². The molecule has 0 radical (unpaired) electrons. The van der Waals surface area contributed by atoms with Gasteiger partial charge in [-0.05, 0) is 98.6 Å². The van der Waals surface area contributed by atoms with Gasteiger partial charge in [0.05, 0.1) is 0 Å². The zero-order valence-corrected chi connectivity index (χ0v) is 20.2. The van der Waals surface area contributed by atoms with Crippen LogP contribution < -0.4 is 0 Å². The fraction of sp³-hybridized carbons (Fsp3) is 0.419. The minimum atomic E-state index is 0.158. The fourth-order valence-corrected chi connectivity index (χ4v) is 5.35. The first-order valence-corrected chi connectivity index (χ1v) is 12.0. The molecule has 0 spiro atoms. The van der Waals surface area contributed by atoms with Crippen LogP contribution in [0.15, 0.2) is 48.5 Å². The highest BCUT2D eigenvalue weighted by molar-refractivity contribution is 5.81. The molecule has 2 aliphatic rings. The Morgan fingerprint density at radius 1 is 0.548 bits per heavy atom. The molecule has 3 aromatic rings. The van der Waals surface area contributed by atoms with Crippen LogP contribution in [-0.2, 0) is 42.9 Å². The van der Waals surface area contributed by atoms with Crippen molar-refractivity contribution < 1.29 is 0 Å². The highest BCUT2D eigenvalue weighted by Crippen LogP contribution is 2.45. The molecule has 0 N–H and O–H groups in total. The Morgan fingerprint density at radius 3 is 1.42 bits per heavy atom. The number of benzene rings is 3. The lowest BCUT2D eigenvalue weighted by Gasteiger charge is -2.24. The highest BCUT2D eigenvalue weighted by atomic mass is 14.3. The Kier molecular flexibility index (Phi) is 4.70. The Morgan fingerprint density at radius 2 is 1.00 bits per heavy atom. The molecule has 160 valence electrons. The first-order chi connectivity index (χ1) is 14.6. The lowest BCUT2D eigenvalue weighted by Crippen LogP contribution is -2.13. The van der Waals surface area contributed by atoms with Crippen molar-refractivity contribution >= 4 is 0 Å². The molecule has 0 heteroatoms. The Hall–Kier alpha value is -2.34. The number of rotatable bonds is 0. The third kappa shape index (κ3) is 3.75. The summed E-state index contributed by atoms with van der Waals surface area (Å²) in [6.45, 7) is 14.1. The maximum atomic E-state index is 2.52. The van der Waals surface area contributed by atoms with E-state index in [-0.39, 0.29) is 10.8 Å². The van der Waals surface area contributed by atoms with Gasteiger partial charge in [0.25, 0.3) is 0 Å². The van der Waals surface area contributed by atoms with Gasteiger partial charge in [-0.3, -0.25) is 0 Å². The highest BCUT2D eigenvalue weighted by Gasteiger charge is 2.29. The minimum absolute atomic E-state index is 0.158. The Labute approximate surface area is 188 Å². The summed E-state index contributed by atoms with van der Waals surface area (Å²) in [7, 11) is 0. The zero-order chi connectivity index (χ0) is 22.0. The first-order valence-electron chi connectivity index (χ1n) is 12.0. The molecule has 31 heavy (non-hydrogen) atoms. The molecule has 0 saturated heterocycles. The summed E-state index contributed by atoms with van der Waals surface area (Å²) in [6.07, 6.45) is 5.63. The van der Waals surface area contributed by atoms with Crippen LogP contribution >= 0.6 is 0 Å². The maximum absolute atomic E-state index is 2.52. The van der Waals surface area contributed by atoms with Gasteiger partial charge in [0.2, 0.25) is 0 Å². The number of hydrogen-bond donors (Lipinski definition) is 0. The lowest BCUT2D eigenvalue weighted by molar-refractivity contribution is 0.588. The van der Waals surface area contributed by atoms with Gasteiger partial charge in [-0.2, -0.15) is 0 Å². The van der Waals surface area contributed by atoms with E-state index in [1.807, 2.05) is 0 Å². The molecule has 0 amide bonds. The van der Waals surface area contributed by atoms with E-state index in [9.17, 15) is 0 Å². The zero-order valence-electron chi connectivity index (χ0n) is 20.2. The van der Waals surface area contributed by atoms with Gasteiger partial charge in [-0.25, -0.2) is 0 Å². The van der Waals surface area contributed by atoms with Crippen LogP contribution in [0, 0.1) is 0 Å². The molecular weight excluding hydrogens is 372 g/mol. The predicted octanol–water partition coefficient (Wildman–Crippen LogP) is 7.74. The van der Waals surface area contributed by atoms with Gasteiger partial charge in [-0.15, -0.1) is 0 Å². The van der Waals surface area contributed by atoms with Gasteiger partial charge in [-0.1, -0.05) is 90.1 Å². The van der Waals surface area contributed by atoms with E-state index in [2.05, 4.69) is 90.1 Å². The second-order valence-corrected chi connectivity index (χ2v) is 11.8. The maximum Gasteiger partial charge on any atom is -0.000797 e. The predicted molar refractivity (Wildman–Crippen MR) is 133 cm³/mol. The summed E-state index contributed by atoms with van der Waals surface area (Å²) in [4.78, 5) is 0. The van der Waals surface area contributed by atoms with E-state index in [4.69, 9.17) is 0 Å². The third-order valence-corrected chi connectivity index (χ3v) is 7.42. The number of hydrogen-bond acceptors (Lipinski definition) is 0. The van der Waals surface area contributed by atoms with Gasteiger partial charge >= 0.3 is 0 Å². The quantitative estimate of drug-likeness (QED) is 0.279. The van der Waals surface area contributed by atoms with Crippen molar-refractivity contribution in [1.29, 1.82) is 0 Å².